The number of carbonyl (C=O) groups is 3. The predicted octanol–water partition coefficient (Wildman–Crippen LogP) is -1.31. The molecule has 0 aromatic rings. The summed E-state index contributed by atoms with van der Waals surface area (Å²) >= 11 is 0. The van der Waals surface area contributed by atoms with Gasteiger partial charge in [-0.3, -0.25) is 4.90 Å². The minimum atomic E-state index is -1.55. The van der Waals surface area contributed by atoms with E-state index in [2.05, 4.69) is 0 Å². The van der Waals surface area contributed by atoms with Crippen LogP contribution in [0.15, 0.2) is 0 Å². The van der Waals surface area contributed by atoms with E-state index < -0.39 is 42.8 Å². The third-order valence-electron chi connectivity index (χ3n) is 4.90. The van der Waals surface area contributed by atoms with Crippen LogP contribution >= 0.6 is 0 Å². The molecule has 4 unspecified atom stereocenters. The number of aliphatic hydroxyl groups is 3. The van der Waals surface area contributed by atoms with E-state index in [4.69, 9.17) is 0 Å². The molecule has 1 fully saturated rings. The molecule has 0 aromatic carbocycles. The molecule has 1 saturated heterocycles. The third-order valence-corrected chi connectivity index (χ3v) is 4.90. The lowest BCUT2D eigenvalue weighted by molar-refractivity contribution is -0.124. The first kappa shape index (κ1) is 24.7. The molecule has 0 radical (unpaired) electrons. The monoisotopic (exact) mass is 422 g/mol. The maximum absolute atomic E-state index is 11.6. The SMILES string of the molecule is CC(O)C(O)C(O)N1CCN(C(=O)O)CCN(C(=O)O)CC(C)N(C(=O)O)CC1. The van der Waals surface area contributed by atoms with Gasteiger partial charge in [0.1, 0.15) is 12.3 Å². The first-order valence-electron chi connectivity index (χ1n) is 9.19. The summed E-state index contributed by atoms with van der Waals surface area (Å²) in [6, 6.07) is -0.734. The molecule has 1 aliphatic rings. The molecule has 4 atom stereocenters. The van der Waals surface area contributed by atoms with Gasteiger partial charge in [-0.05, 0) is 13.8 Å². The summed E-state index contributed by atoms with van der Waals surface area (Å²) in [4.78, 5) is 38.8. The summed E-state index contributed by atoms with van der Waals surface area (Å²) in [7, 11) is 0. The molecular formula is C16H30N4O9. The number of rotatable bonds is 3. The van der Waals surface area contributed by atoms with Crippen molar-refractivity contribution < 1.29 is 45.0 Å². The smallest absolute Gasteiger partial charge is 0.407 e. The number of aliphatic hydroxyl groups excluding tert-OH is 3. The minimum absolute atomic E-state index is 0.0633. The molecule has 0 aliphatic carbocycles. The second-order valence-corrected chi connectivity index (χ2v) is 7.00. The van der Waals surface area contributed by atoms with Crippen molar-refractivity contribution in [3.63, 3.8) is 0 Å². The van der Waals surface area contributed by atoms with Crippen LogP contribution in [0.1, 0.15) is 13.8 Å². The molecule has 1 heterocycles. The maximum Gasteiger partial charge on any atom is 0.407 e. The highest BCUT2D eigenvalue weighted by atomic mass is 16.4. The van der Waals surface area contributed by atoms with E-state index in [1.54, 1.807) is 0 Å². The lowest BCUT2D eigenvalue weighted by atomic mass is 10.1. The van der Waals surface area contributed by atoms with Crippen molar-refractivity contribution in [2.45, 2.75) is 38.3 Å². The molecular weight excluding hydrogens is 392 g/mol. The number of nitrogens with zero attached hydrogens (tertiary/aromatic N) is 4. The van der Waals surface area contributed by atoms with Gasteiger partial charge in [0.2, 0.25) is 0 Å². The first-order valence-corrected chi connectivity index (χ1v) is 9.19. The maximum atomic E-state index is 11.6. The van der Waals surface area contributed by atoms with E-state index in [9.17, 15) is 45.0 Å². The Balaban J connectivity index is 3.12. The van der Waals surface area contributed by atoms with Gasteiger partial charge < -0.3 is 45.3 Å². The molecule has 0 spiro atoms. The Labute approximate surface area is 167 Å². The van der Waals surface area contributed by atoms with E-state index in [1.165, 1.54) is 18.7 Å². The quantitative estimate of drug-likeness (QED) is 0.319. The van der Waals surface area contributed by atoms with Crippen LogP contribution in [-0.2, 0) is 0 Å². The van der Waals surface area contributed by atoms with Crippen LogP contribution < -0.4 is 0 Å². The topological polar surface area (TPSA) is 186 Å². The highest BCUT2D eigenvalue weighted by molar-refractivity contribution is 5.67. The van der Waals surface area contributed by atoms with Crippen molar-refractivity contribution in [2.24, 2.45) is 0 Å². The number of amides is 3. The molecule has 0 aromatic heterocycles. The molecule has 1 aliphatic heterocycles. The second kappa shape index (κ2) is 11.0. The third kappa shape index (κ3) is 7.20. The minimum Gasteiger partial charge on any atom is -0.465 e. The lowest BCUT2D eigenvalue weighted by Gasteiger charge is -2.37. The van der Waals surface area contributed by atoms with Crippen molar-refractivity contribution in [1.29, 1.82) is 0 Å². The molecule has 29 heavy (non-hydrogen) atoms. The van der Waals surface area contributed by atoms with Gasteiger partial charge in [-0.2, -0.15) is 0 Å². The summed E-state index contributed by atoms with van der Waals surface area (Å²) in [5.74, 6) is 0. The van der Waals surface area contributed by atoms with Gasteiger partial charge in [0.05, 0.1) is 6.10 Å². The standard InChI is InChI=1S/C16H30N4O9/c1-10-9-19(15(26)27)6-5-18(14(24)25)4-3-17(7-8-20(10)16(28)29)13(23)12(22)11(2)21/h10-13,21-23H,3-9H2,1-2H3,(H,24,25)(H,26,27)(H,28,29). The summed E-state index contributed by atoms with van der Waals surface area (Å²) in [5.41, 5.74) is 0. The van der Waals surface area contributed by atoms with Crippen LogP contribution in [0.4, 0.5) is 14.4 Å². The largest absolute Gasteiger partial charge is 0.465 e. The van der Waals surface area contributed by atoms with Gasteiger partial charge in [-0.1, -0.05) is 0 Å². The van der Waals surface area contributed by atoms with Gasteiger partial charge >= 0.3 is 18.3 Å². The Kier molecular flexibility index (Phi) is 9.36. The van der Waals surface area contributed by atoms with Crippen molar-refractivity contribution in [2.75, 3.05) is 45.8 Å². The highest BCUT2D eigenvalue weighted by Gasteiger charge is 2.31. The Bertz CT molecular complexity index is 577. The summed E-state index contributed by atoms with van der Waals surface area (Å²) in [6.07, 6.45) is -8.20. The Morgan fingerprint density at radius 1 is 0.793 bits per heavy atom. The Morgan fingerprint density at radius 2 is 1.28 bits per heavy atom. The highest BCUT2D eigenvalue weighted by Crippen LogP contribution is 2.11. The van der Waals surface area contributed by atoms with Crippen LogP contribution in [0.25, 0.3) is 0 Å². The number of hydrogen-bond acceptors (Lipinski definition) is 7. The van der Waals surface area contributed by atoms with Crippen molar-refractivity contribution >= 4 is 18.3 Å². The fraction of sp³-hybridized carbons (Fsp3) is 0.812. The van der Waals surface area contributed by atoms with Crippen molar-refractivity contribution in [3.05, 3.63) is 0 Å². The van der Waals surface area contributed by atoms with E-state index in [-0.39, 0.29) is 45.8 Å². The second-order valence-electron chi connectivity index (χ2n) is 7.00. The molecule has 13 nitrogen and oxygen atoms in total. The van der Waals surface area contributed by atoms with Crippen LogP contribution in [0, 0.1) is 0 Å². The molecule has 1 rings (SSSR count). The molecule has 168 valence electrons. The van der Waals surface area contributed by atoms with E-state index in [0.29, 0.717) is 0 Å². The number of carboxylic acid groups (broad SMARTS) is 3. The van der Waals surface area contributed by atoms with Crippen LogP contribution in [-0.4, -0.2) is 139 Å². The fourth-order valence-electron chi connectivity index (χ4n) is 3.06. The predicted molar refractivity (Wildman–Crippen MR) is 98.7 cm³/mol. The average Bonchev–Trinajstić information content (AvgIpc) is 2.61. The molecule has 0 bridgehead atoms. The van der Waals surface area contributed by atoms with Gasteiger partial charge in [-0.25, -0.2) is 14.4 Å². The summed E-state index contributed by atoms with van der Waals surface area (Å²) < 4.78 is 0. The zero-order chi connectivity index (χ0) is 22.3. The van der Waals surface area contributed by atoms with Crippen molar-refractivity contribution in [3.8, 4) is 0 Å². The van der Waals surface area contributed by atoms with Gasteiger partial charge in [0.25, 0.3) is 0 Å². The molecule has 0 saturated carbocycles. The average molecular weight is 422 g/mol. The number of hydrogen-bond donors (Lipinski definition) is 6. The Morgan fingerprint density at radius 3 is 1.76 bits per heavy atom. The molecule has 13 heteroatoms. The normalized spacial score (nSPS) is 23.5. The zero-order valence-electron chi connectivity index (χ0n) is 16.5. The van der Waals surface area contributed by atoms with E-state index in [1.807, 2.05) is 0 Å². The van der Waals surface area contributed by atoms with Gasteiger partial charge in [0, 0.05) is 51.9 Å². The fourth-order valence-corrected chi connectivity index (χ4v) is 3.06. The Hall–Kier alpha value is -2.35. The molecule has 3 amide bonds. The van der Waals surface area contributed by atoms with Crippen LogP contribution in [0.5, 0.6) is 0 Å². The van der Waals surface area contributed by atoms with Gasteiger partial charge in [-0.15, -0.1) is 0 Å². The molecule has 6 N–H and O–H groups in total. The van der Waals surface area contributed by atoms with Gasteiger partial charge in [0.15, 0.2) is 0 Å². The lowest BCUT2D eigenvalue weighted by Crippen LogP contribution is -2.56. The van der Waals surface area contributed by atoms with Crippen molar-refractivity contribution in [1.82, 2.24) is 19.6 Å². The van der Waals surface area contributed by atoms with E-state index in [0.717, 1.165) is 14.7 Å². The zero-order valence-corrected chi connectivity index (χ0v) is 16.5. The first-order chi connectivity index (χ1) is 13.5. The summed E-state index contributed by atoms with van der Waals surface area (Å²) in [6.45, 7) is 1.97. The summed E-state index contributed by atoms with van der Waals surface area (Å²) in [5, 5.41) is 58.0. The van der Waals surface area contributed by atoms with Crippen LogP contribution in [0.3, 0.4) is 0 Å². The van der Waals surface area contributed by atoms with Crippen LogP contribution in [0.2, 0.25) is 0 Å². The van der Waals surface area contributed by atoms with E-state index >= 15 is 0 Å².